The Balaban J connectivity index is 2.61. The minimum atomic E-state index is -0.461. The van der Waals surface area contributed by atoms with Crippen LogP contribution in [0.4, 0.5) is 10.1 Å². The Morgan fingerprint density at radius 1 is 1.53 bits per heavy atom. The molecule has 0 aliphatic heterocycles. The predicted molar refractivity (Wildman–Crippen MR) is 70.5 cm³/mol. The number of carbonyl (C=O) groups is 1. The molecule has 0 saturated carbocycles. The van der Waals surface area contributed by atoms with Crippen molar-refractivity contribution in [1.82, 2.24) is 5.32 Å². The third kappa shape index (κ3) is 4.34. The van der Waals surface area contributed by atoms with Crippen molar-refractivity contribution in [3.63, 3.8) is 0 Å². The molecule has 0 aromatic heterocycles. The van der Waals surface area contributed by atoms with E-state index in [-0.39, 0.29) is 11.7 Å². The molecule has 1 rings (SSSR count). The van der Waals surface area contributed by atoms with Gasteiger partial charge in [0.25, 0.3) is 0 Å². The van der Waals surface area contributed by atoms with Crippen LogP contribution >= 0.6 is 15.9 Å². The van der Waals surface area contributed by atoms with Crippen LogP contribution < -0.4 is 10.6 Å². The van der Waals surface area contributed by atoms with Crippen molar-refractivity contribution in [2.45, 2.75) is 26.3 Å². The first-order valence-corrected chi connectivity index (χ1v) is 6.33. The largest absolute Gasteiger partial charge is 0.372 e. The molecule has 2 N–H and O–H groups in total. The number of carbonyl (C=O) groups excluding carboxylic acids is 1. The van der Waals surface area contributed by atoms with E-state index in [0.717, 1.165) is 6.42 Å². The molecule has 3 nitrogen and oxygen atoms in total. The predicted octanol–water partition coefficient (Wildman–Crippen LogP) is 2.91. The Bertz CT molecular complexity index is 398. The minimum absolute atomic E-state index is 0.130. The minimum Gasteiger partial charge on any atom is -0.372 e. The highest BCUT2D eigenvalue weighted by atomic mass is 79.9. The summed E-state index contributed by atoms with van der Waals surface area (Å²) in [5.41, 5.74) is 0.326. The molecule has 1 aromatic carbocycles. The Kier molecular flexibility index (Phi) is 5.41. The summed E-state index contributed by atoms with van der Waals surface area (Å²) in [6.45, 7) is 4.31. The molecule has 1 aromatic rings. The van der Waals surface area contributed by atoms with Gasteiger partial charge in [0, 0.05) is 11.0 Å². The molecule has 5 heteroatoms. The van der Waals surface area contributed by atoms with Gasteiger partial charge < -0.3 is 10.6 Å². The van der Waals surface area contributed by atoms with Crippen LogP contribution in [0.2, 0.25) is 0 Å². The molecule has 0 aliphatic carbocycles. The van der Waals surface area contributed by atoms with Crippen LogP contribution in [0.25, 0.3) is 0 Å². The van der Waals surface area contributed by atoms with E-state index in [0.29, 0.717) is 16.7 Å². The Morgan fingerprint density at radius 3 is 2.82 bits per heavy atom. The lowest BCUT2D eigenvalue weighted by Crippen LogP contribution is -2.38. The topological polar surface area (TPSA) is 41.1 Å². The molecule has 0 spiro atoms. The number of rotatable bonds is 5. The number of hydrogen-bond donors (Lipinski definition) is 2. The number of anilines is 1. The highest BCUT2D eigenvalue weighted by Crippen LogP contribution is 2.19. The molecule has 0 fully saturated rings. The van der Waals surface area contributed by atoms with Crippen LogP contribution in [-0.4, -0.2) is 18.5 Å². The molecule has 1 unspecified atom stereocenters. The van der Waals surface area contributed by atoms with Crippen molar-refractivity contribution >= 4 is 27.5 Å². The van der Waals surface area contributed by atoms with Crippen molar-refractivity contribution in [2.75, 3.05) is 11.9 Å². The van der Waals surface area contributed by atoms with E-state index in [4.69, 9.17) is 0 Å². The maximum Gasteiger partial charge on any atom is 0.242 e. The first-order valence-electron chi connectivity index (χ1n) is 5.54. The fourth-order valence-corrected chi connectivity index (χ4v) is 1.64. The third-order valence-corrected chi connectivity index (χ3v) is 2.74. The normalized spacial score (nSPS) is 12.0. The standard InChI is InChI=1S/C12H16BrFN2O/c1-3-6-15-12(17)8(2)16-11-5-4-9(13)7-10(11)14/h4-5,7-8,16H,3,6H2,1-2H3,(H,15,17). The van der Waals surface area contributed by atoms with Crippen molar-refractivity contribution in [2.24, 2.45) is 0 Å². The number of amides is 1. The highest BCUT2D eigenvalue weighted by Gasteiger charge is 2.13. The first kappa shape index (κ1) is 14.0. The fraction of sp³-hybridized carbons (Fsp3) is 0.417. The molecular weight excluding hydrogens is 287 g/mol. The van der Waals surface area contributed by atoms with Crippen LogP contribution in [0.1, 0.15) is 20.3 Å². The van der Waals surface area contributed by atoms with Crippen LogP contribution in [-0.2, 0) is 4.79 Å². The van der Waals surface area contributed by atoms with Gasteiger partial charge in [0.2, 0.25) is 5.91 Å². The van der Waals surface area contributed by atoms with Crippen molar-refractivity contribution in [3.8, 4) is 0 Å². The summed E-state index contributed by atoms with van der Waals surface area (Å²) in [6.07, 6.45) is 0.880. The zero-order chi connectivity index (χ0) is 12.8. The number of benzene rings is 1. The van der Waals surface area contributed by atoms with E-state index >= 15 is 0 Å². The molecule has 0 heterocycles. The highest BCUT2D eigenvalue weighted by molar-refractivity contribution is 9.10. The molecule has 0 aliphatic rings. The quantitative estimate of drug-likeness (QED) is 0.878. The van der Waals surface area contributed by atoms with Crippen molar-refractivity contribution in [1.29, 1.82) is 0 Å². The summed E-state index contributed by atoms with van der Waals surface area (Å²) in [6, 6.07) is 4.22. The Hall–Kier alpha value is -1.10. The lowest BCUT2D eigenvalue weighted by molar-refractivity contribution is -0.121. The van der Waals surface area contributed by atoms with E-state index in [1.807, 2.05) is 6.92 Å². The molecule has 94 valence electrons. The van der Waals surface area contributed by atoms with Gasteiger partial charge in [-0.05, 0) is 31.5 Å². The molecule has 0 bridgehead atoms. The van der Waals surface area contributed by atoms with Gasteiger partial charge in [-0.2, -0.15) is 0 Å². The second-order valence-electron chi connectivity index (χ2n) is 3.78. The van der Waals surface area contributed by atoms with Crippen molar-refractivity contribution in [3.05, 3.63) is 28.5 Å². The number of halogens is 2. The van der Waals surface area contributed by atoms with Crippen LogP contribution in [0, 0.1) is 5.82 Å². The molecule has 1 atom stereocenters. The van der Waals surface area contributed by atoms with Gasteiger partial charge in [-0.25, -0.2) is 4.39 Å². The maximum atomic E-state index is 13.5. The monoisotopic (exact) mass is 302 g/mol. The van der Waals surface area contributed by atoms with Crippen molar-refractivity contribution < 1.29 is 9.18 Å². The first-order chi connectivity index (χ1) is 8.04. The lowest BCUT2D eigenvalue weighted by atomic mass is 10.2. The summed E-state index contributed by atoms with van der Waals surface area (Å²) in [5, 5.41) is 5.59. The number of hydrogen-bond acceptors (Lipinski definition) is 2. The average Bonchev–Trinajstić information content (AvgIpc) is 2.29. The van der Waals surface area contributed by atoms with Gasteiger partial charge in [0.15, 0.2) is 0 Å². The zero-order valence-electron chi connectivity index (χ0n) is 9.89. The van der Waals surface area contributed by atoms with Crippen LogP contribution in [0.5, 0.6) is 0 Å². The number of nitrogens with one attached hydrogen (secondary N) is 2. The second kappa shape index (κ2) is 6.59. The Morgan fingerprint density at radius 2 is 2.24 bits per heavy atom. The lowest BCUT2D eigenvalue weighted by Gasteiger charge is -2.15. The summed E-state index contributed by atoms with van der Waals surface area (Å²) < 4.78 is 14.2. The zero-order valence-corrected chi connectivity index (χ0v) is 11.5. The van der Waals surface area contributed by atoms with Gasteiger partial charge in [0.1, 0.15) is 11.9 Å². The van der Waals surface area contributed by atoms with E-state index in [2.05, 4.69) is 26.6 Å². The van der Waals surface area contributed by atoms with Gasteiger partial charge in [-0.3, -0.25) is 4.79 Å². The van der Waals surface area contributed by atoms with E-state index in [1.165, 1.54) is 6.07 Å². The van der Waals surface area contributed by atoms with Gasteiger partial charge in [0.05, 0.1) is 5.69 Å². The average molecular weight is 303 g/mol. The fourth-order valence-electron chi connectivity index (χ4n) is 1.31. The Labute approximate surface area is 109 Å². The van der Waals surface area contributed by atoms with Gasteiger partial charge in [-0.15, -0.1) is 0 Å². The van der Waals surface area contributed by atoms with Gasteiger partial charge >= 0.3 is 0 Å². The maximum absolute atomic E-state index is 13.5. The summed E-state index contributed by atoms with van der Waals surface area (Å²) in [5.74, 6) is -0.510. The molecule has 17 heavy (non-hydrogen) atoms. The molecule has 1 amide bonds. The van der Waals surface area contributed by atoms with E-state index in [9.17, 15) is 9.18 Å². The second-order valence-corrected chi connectivity index (χ2v) is 4.70. The van der Waals surface area contributed by atoms with E-state index < -0.39 is 6.04 Å². The summed E-state index contributed by atoms with van der Waals surface area (Å²) in [7, 11) is 0. The molecular formula is C12H16BrFN2O. The molecule has 0 saturated heterocycles. The SMILES string of the molecule is CCCNC(=O)C(C)Nc1ccc(Br)cc1F. The van der Waals surface area contributed by atoms with E-state index in [1.54, 1.807) is 19.1 Å². The van der Waals surface area contributed by atoms with Crippen LogP contribution in [0.3, 0.4) is 0 Å². The molecule has 0 radical (unpaired) electrons. The smallest absolute Gasteiger partial charge is 0.242 e. The van der Waals surface area contributed by atoms with Crippen LogP contribution in [0.15, 0.2) is 22.7 Å². The third-order valence-electron chi connectivity index (χ3n) is 2.25. The van der Waals surface area contributed by atoms with Gasteiger partial charge in [-0.1, -0.05) is 22.9 Å². The summed E-state index contributed by atoms with van der Waals surface area (Å²) >= 11 is 3.18. The summed E-state index contributed by atoms with van der Waals surface area (Å²) in [4.78, 5) is 11.6.